The number of carboxylic acid groups (broad SMARTS) is 1. The zero-order chi connectivity index (χ0) is 11.1. The molecule has 2 unspecified atom stereocenters. The molecule has 16 heavy (non-hydrogen) atoms. The molecule has 86 valence electrons. The topological polar surface area (TPSA) is 69.2 Å². The summed E-state index contributed by atoms with van der Waals surface area (Å²) in [5.41, 5.74) is 2.25. The Labute approximate surface area is 93.5 Å². The molecule has 5 heteroatoms. The summed E-state index contributed by atoms with van der Waals surface area (Å²) < 4.78 is 0. The van der Waals surface area contributed by atoms with Crippen molar-refractivity contribution >= 4 is 5.97 Å². The number of fused-ring (bicyclic) bond motifs is 3. The van der Waals surface area contributed by atoms with Crippen molar-refractivity contribution < 1.29 is 9.90 Å². The molecule has 1 aromatic rings. The van der Waals surface area contributed by atoms with Gasteiger partial charge in [0.05, 0.1) is 24.0 Å². The third kappa shape index (κ3) is 1.43. The minimum Gasteiger partial charge on any atom is -0.481 e. The van der Waals surface area contributed by atoms with Crippen molar-refractivity contribution in [3.63, 3.8) is 0 Å². The number of carboxylic acids is 1. The Hall–Kier alpha value is -1.36. The number of piperidine rings is 1. The van der Waals surface area contributed by atoms with E-state index < -0.39 is 5.97 Å². The number of aliphatic carboxylic acids is 1. The standard InChI is InChI=1S/C11H15N3O2/c15-11(16)7-1-3-14-4-2-8-10(9(14)5-7)13-6-12-8/h6-7,9H,1-5H2,(H,12,13)(H,15,16). The summed E-state index contributed by atoms with van der Waals surface area (Å²) in [6.07, 6.45) is 4.20. The van der Waals surface area contributed by atoms with Crippen molar-refractivity contribution in [2.75, 3.05) is 13.1 Å². The van der Waals surface area contributed by atoms with Gasteiger partial charge in [0.15, 0.2) is 0 Å². The Kier molecular flexibility index (Phi) is 2.21. The van der Waals surface area contributed by atoms with E-state index >= 15 is 0 Å². The summed E-state index contributed by atoms with van der Waals surface area (Å²) in [4.78, 5) is 20.9. The van der Waals surface area contributed by atoms with Crippen LogP contribution in [0.15, 0.2) is 6.33 Å². The fourth-order valence-corrected chi connectivity index (χ4v) is 2.86. The Bertz CT molecular complexity index is 415. The van der Waals surface area contributed by atoms with Crippen LogP contribution in [-0.4, -0.2) is 39.0 Å². The molecule has 2 atom stereocenters. The molecule has 2 aliphatic rings. The number of nitrogens with zero attached hydrogens (tertiary/aromatic N) is 2. The largest absolute Gasteiger partial charge is 0.481 e. The highest BCUT2D eigenvalue weighted by atomic mass is 16.4. The van der Waals surface area contributed by atoms with Crippen molar-refractivity contribution in [2.45, 2.75) is 25.3 Å². The first kappa shape index (κ1) is 9.84. The van der Waals surface area contributed by atoms with Crippen LogP contribution in [0.3, 0.4) is 0 Å². The number of nitrogens with one attached hydrogen (secondary N) is 1. The van der Waals surface area contributed by atoms with Crippen LogP contribution in [0.2, 0.25) is 0 Å². The molecule has 0 bridgehead atoms. The molecule has 1 saturated heterocycles. The van der Waals surface area contributed by atoms with Gasteiger partial charge in [0.25, 0.3) is 0 Å². The van der Waals surface area contributed by atoms with Crippen LogP contribution in [0.5, 0.6) is 0 Å². The number of aromatic nitrogens is 2. The highest BCUT2D eigenvalue weighted by Crippen LogP contribution is 2.37. The van der Waals surface area contributed by atoms with E-state index in [4.69, 9.17) is 5.11 Å². The second-order valence-corrected chi connectivity index (χ2v) is 4.63. The van der Waals surface area contributed by atoms with Gasteiger partial charge in [0.2, 0.25) is 0 Å². The fourth-order valence-electron chi connectivity index (χ4n) is 2.86. The van der Waals surface area contributed by atoms with Crippen molar-refractivity contribution in [1.29, 1.82) is 0 Å². The Morgan fingerprint density at radius 1 is 1.56 bits per heavy atom. The maximum atomic E-state index is 11.0. The fraction of sp³-hybridized carbons (Fsp3) is 0.636. The molecule has 3 heterocycles. The van der Waals surface area contributed by atoms with Crippen molar-refractivity contribution in [3.8, 4) is 0 Å². The maximum absolute atomic E-state index is 11.0. The van der Waals surface area contributed by atoms with Crippen molar-refractivity contribution in [1.82, 2.24) is 14.9 Å². The zero-order valence-electron chi connectivity index (χ0n) is 9.02. The second-order valence-electron chi connectivity index (χ2n) is 4.63. The molecule has 0 aromatic carbocycles. The lowest BCUT2D eigenvalue weighted by atomic mass is 9.86. The van der Waals surface area contributed by atoms with Gasteiger partial charge in [-0.3, -0.25) is 9.69 Å². The highest BCUT2D eigenvalue weighted by molar-refractivity contribution is 5.70. The smallest absolute Gasteiger partial charge is 0.306 e. The minimum atomic E-state index is -0.665. The van der Waals surface area contributed by atoms with Gasteiger partial charge in [-0.05, 0) is 19.4 Å². The number of rotatable bonds is 1. The van der Waals surface area contributed by atoms with Gasteiger partial charge in [0, 0.05) is 18.7 Å². The van der Waals surface area contributed by atoms with Gasteiger partial charge in [-0.1, -0.05) is 0 Å². The van der Waals surface area contributed by atoms with E-state index in [1.807, 2.05) is 0 Å². The van der Waals surface area contributed by atoms with E-state index in [-0.39, 0.29) is 12.0 Å². The van der Waals surface area contributed by atoms with Gasteiger partial charge in [-0.25, -0.2) is 4.98 Å². The second kappa shape index (κ2) is 3.59. The molecule has 2 N–H and O–H groups in total. The molecule has 5 nitrogen and oxygen atoms in total. The van der Waals surface area contributed by atoms with E-state index in [0.29, 0.717) is 6.42 Å². The van der Waals surface area contributed by atoms with E-state index in [1.165, 1.54) is 5.69 Å². The Morgan fingerprint density at radius 2 is 2.44 bits per heavy atom. The van der Waals surface area contributed by atoms with Gasteiger partial charge in [-0.15, -0.1) is 0 Å². The number of imidazole rings is 1. The van der Waals surface area contributed by atoms with Crippen molar-refractivity contribution in [3.05, 3.63) is 17.7 Å². The monoisotopic (exact) mass is 221 g/mol. The predicted molar refractivity (Wildman–Crippen MR) is 57.0 cm³/mol. The summed E-state index contributed by atoms with van der Waals surface area (Å²) >= 11 is 0. The normalized spacial score (nSPS) is 29.5. The maximum Gasteiger partial charge on any atom is 0.306 e. The molecule has 0 radical (unpaired) electrons. The molecule has 0 saturated carbocycles. The quantitative estimate of drug-likeness (QED) is 0.736. The summed E-state index contributed by atoms with van der Waals surface area (Å²) in [6, 6.07) is 0.213. The molecule has 2 aliphatic heterocycles. The van der Waals surface area contributed by atoms with Gasteiger partial charge in [-0.2, -0.15) is 0 Å². The lowest BCUT2D eigenvalue weighted by molar-refractivity contribution is -0.144. The van der Waals surface area contributed by atoms with E-state index in [1.54, 1.807) is 6.33 Å². The molecular formula is C11H15N3O2. The Morgan fingerprint density at radius 3 is 3.25 bits per heavy atom. The first-order valence-corrected chi connectivity index (χ1v) is 5.74. The molecule has 0 spiro atoms. The van der Waals surface area contributed by atoms with Crippen LogP contribution in [0.1, 0.15) is 30.3 Å². The van der Waals surface area contributed by atoms with Gasteiger partial charge < -0.3 is 10.1 Å². The average Bonchev–Trinajstić information content (AvgIpc) is 2.76. The third-order valence-corrected chi connectivity index (χ3v) is 3.78. The summed E-state index contributed by atoms with van der Waals surface area (Å²) in [5, 5.41) is 9.08. The molecule has 0 amide bonds. The number of hydrogen-bond acceptors (Lipinski definition) is 3. The average molecular weight is 221 g/mol. The molecule has 3 rings (SSSR count). The molecular weight excluding hydrogens is 206 g/mol. The van der Waals surface area contributed by atoms with E-state index in [9.17, 15) is 4.79 Å². The molecule has 1 fully saturated rings. The molecule has 0 aliphatic carbocycles. The van der Waals surface area contributed by atoms with Crippen LogP contribution < -0.4 is 0 Å². The Balaban J connectivity index is 1.88. The summed E-state index contributed by atoms with van der Waals surface area (Å²) in [7, 11) is 0. The van der Waals surface area contributed by atoms with E-state index in [2.05, 4.69) is 14.9 Å². The van der Waals surface area contributed by atoms with Crippen LogP contribution >= 0.6 is 0 Å². The zero-order valence-corrected chi connectivity index (χ0v) is 9.02. The summed E-state index contributed by atoms with van der Waals surface area (Å²) in [5.74, 6) is -0.869. The van der Waals surface area contributed by atoms with Crippen LogP contribution in [0.4, 0.5) is 0 Å². The van der Waals surface area contributed by atoms with Gasteiger partial charge in [0.1, 0.15) is 0 Å². The van der Waals surface area contributed by atoms with Crippen LogP contribution in [-0.2, 0) is 11.2 Å². The van der Waals surface area contributed by atoms with Crippen LogP contribution in [0.25, 0.3) is 0 Å². The van der Waals surface area contributed by atoms with Crippen LogP contribution in [0, 0.1) is 5.92 Å². The number of H-pyrrole nitrogens is 1. The minimum absolute atomic E-state index is 0.205. The van der Waals surface area contributed by atoms with Crippen molar-refractivity contribution in [2.24, 2.45) is 5.92 Å². The van der Waals surface area contributed by atoms with Gasteiger partial charge >= 0.3 is 5.97 Å². The summed E-state index contributed by atoms with van der Waals surface area (Å²) in [6.45, 7) is 1.90. The SMILES string of the molecule is O=C(O)C1CCN2CCc3[nH]cnc3C2C1. The number of carbonyl (C=O) groups is 1. The molecule has 1 aromatic heterocycles. The first-order valence-electron chi connectivity index (χ1n) is 5.74. The highest BCUT2D eigenvalue weighted by Gasteiger charge is 2.37. The predicted octanol–water partition coefficient (Wildman–Crippen LogP) is 0.803. The lowest BCUT2D eigenvalue weighted by Crippen LogP contribution is -2.43. The first-order chi connectivity index (χ1) is 7.75. The lowest BCUT2D eigenvalue weighted by Gasteiger charge is -2.40. The number of hydrogen-bond donors (Lipinski definition) is 2. The van der Waals surface area contributed by atoms with E-state index in [0.717, 1.165) is 31.6 Å². The third-order valence-electron chi connectivity index (χ3n) is 3.78. The number of aromatic amines is 1.